The Morgan fingerprint density at radius 3 is 2.64 bits per heavy atom. The van der Waals surface area contributed by atoms with Gasteiger partial charge in [0.15, 0.2) is 6.10 Å². The molecule has 0 aliphatic carbocycles. The monoisotopic (exact) mass is 459 g/mol. The summed E-state index contributed by atoms with van der Waals surface area (Å²) in [6.07, 6.45) is -0.251. The summed E-state index contributed by atoms with van der Waals surface area (Å²) >= 11 is 13.1. The summed E-state index contributed by atoms with van der Waals surface area (Å²) in [5.41, 5.74) is 0.502. The van der Waals surface area contributed by atoms with Crippen LogP contribution >= 0.6 is 41.4 Å². The van der Waals surface area contributed by atoms with Crippen molar-refractivity contribution in [2.45, 2.75) is 26.4 Å². The van der Waals surface area contributed by atoms with Gasteiger partial charge < -0.3 is 9.26 Å². The van der Waals surface area contributed by atoms with Gasteiger partial charge in [-0.25, -0.2) is 4.57 Å². The molecule has 0 fully saturated rings. The number of hydrogen-bond donors (Lipinski definition) is 0. The Labute approximate surface area is 179 Å². The van der Waals surface area contributed by atoms with Crippen LogP contribution in [0.5, 0.6) is 11.5 Å². The van der Waals surface area contributed by atoms with Gasteiger partial charge in [0.25, 0.3) is 0 Å². The van der Waals surface area contributed by atoms with Crippen LogP contribution in [0.1, 0.15) is 31.9 Å². The van der Waals surface area contributed by atoms with Crippen LogP contribution in [0.25, 0.3) is 0 Å². The highest BCUT2D eigenvalue weighted by Crippen LogP contribution is 2.63. The standard InChI is InChI=1S/C19H20Cl2NO4PS/c1-3-10-28-27(23,24-4-2)26-19(13-22)14-6-5-7-16(11-14)25-18-9-8-15(20)12-17(18)21/h5-9,11-12,19H,3-4,10H2,1-2H3. The molecule has 150 valence electrons. The quantitative estimate of drug-likeness (QED) is 0.339. The largest absolute Gasteiger partial charge is 0.456 e. The van der Waals surface area contributed by atoms with E-state index in [1.54, 1.807) is 49.4 Å². The summed E-state index contributed by atoms with van der Waals surface area (Å²) < 4.78 is 29.6. The molecule has 0 saturated heterocycles. The molecule has 0 aliphatic heterocycles. The second-order valence-corrected chi connectivity index (χ2v) is 10.6. The Balaban J connectivity index is 2.22. The second-order valence-electron chi connectivity index (χ2n) is 5.56. The molecule has 0 N–H and O–H groups in total. The van der Waals surface area contributed by atoms with E-state index in [1.807, 2.05) is 13.0 Å². The van der Waals surface area contributed by atoms with Crippen LogP contribution in [0.2, 0.25) is 10.0 Å². The first kappa shape index (κ1) is 23.1. The number of hydrogen-bond acceptors (Lipinski definition) is 6. The van der Waals surface area contributed by atoms with Crippen LogP contribution in [0.4, 0.5) is 0 Å². The average molecular weight is 460 g/mol. The van der Waals surface area contributed by atoms with Crippen molar-refractivity contribution in [3.8, 4) is 17.6 Å². The summed E-state index contributed by atoms with van der Waals surface area (Å²) in [7, 11) is 0. The van der Waals surface area contributed by atoms with E-state index in [-0.39, 0.29) is 6.61 Å². The van der Waals surface area contributed by atoms with Crippen LogP contribution in [-0.4, -0.2) is 12.4 Å². The minimum Gasteiger partial charge on any atom is -0.456 e. The van der Waals surface area contributed by atoms with Crippen molar-refractivity contribution in [2.24, 2.45) is 0 Å². The van der Waals surface area contributed by atoms with Gasteiger partial charge in [-0.3, -0.25) is 4.52 Å². The van der Waals surface area contributed by atoms with Gasteiger partial charge in [0, 0.05) is 10.8 Å². The van der Waals surface area contributed by atoms with Crippen molar-refractivity contribution < 1.29 is 18.3 Å². The third kappa shape index (κ3) is 6.70. The van der Waals surface area contributed by atoms with Gasteiger partial charge in [0.05, 0.1) is 17.7 Å². The van der Waals surface area contributed by atoms with Crippen LogP contribution in [-0.2, 0) is 13.6 Å². The molecule has 0 spiro atoms. The van der Waals surface area contributed by atoms with Crippen molar-refractivity contribution in [1.82, 2.24) is 0 Å². The van der Waals surface area contributed by atoms with E-state index in [0.29, 0.717) is 32.9 Å². The lowest BCUT2D eigenvalue weighted by Gasteiger charge is -2.20. The van der Waals surface area contributed by atoms with Crippen LogP contribution < -0.4 is 4.74 Å². The molecule has 5 nitrogen and oxygen atoms in total. The summed E-state index contributed by atoms with van der Waals surface area (Å²) in [4.78, 5) is 0. The molecule has 0 saturated carbocycles. The third-order valence-corrected chi connectivity index (χ3v) is 7.93. The fourth-order valence-corrected chi connectivity index (χ4v) is 6.17. The maximum atomic E-state index is 12.9. The van der Waals surface area contributed by atoms with E-state index in [0.717, 1.165) is 17.8 Å². The first-order valence-electron chi connectivity index (χ1n) is 8.60. The lowest BCUT2D eigenvalue weighted by molar-refractivity contribution is 0.198. The smallest absolute Gasteiger partial charge is 0.390 e. The Hall–Kier alpha value is -1.19. The first-order chi connectivity index (χ1) is 13.4. The fourth-order valence-electron chi connectivity index (χ4n) is 2.17. The molecular formula is C19H20Cl2NO4PS. The van der Waals surface area contributed by atoms with E-state index >= 15 is 0 Å². The highest BCUT2D eigenvalue weighted by molar-refractivity contribution is 8.55. The molecule has 0 bridgehead atoms. The predicted octanol–water partition coefficient (Wildman–Crippen LogP) is 7.65. The Morgan fingerprint density at radius 2 is 2.00 bits per heavy atom. The highest BCUT2D eigenvalue weighted by atomic mass is 35.5. The highest BCUT2D eigenvalue weighted by Gasteiger charge is 2.30. The summed E-state index contributed by atoms with van der Waals surface area (Å²) in [6.45, 7) is 0.472. The lowest BCUT2D eigenvalue weighted by atomic mass is 10.1. The molecule has 2 rings (SSSR count). The zero-order valence-corrected chi connectivity index (χ0v) is 18.7. The second kappa shape index (κ2) is 11.1. The normalized spacial score (nSPS) is 14.1. The minimum absolute atomic E-state index is 0.227. The molecule has 2 unspecified atom stereocenters. The van der Waals surface area contributed by atoms with Gasteiger partial charge in [0.2, 0.25) is 0 Å². The zero-order valence-electron chi connectivity index (χ0n) is 15.4. The Morgan fingerprint density at radius 1 is 1.21 bits per heavy atom. The summed E-state index contributed by atoms with van der Waals surface area (Å²) in [5.74, 6) is 1.49. The molecule has 9 heteroatoms. The van der Waals surface area contributed by atoms with E-state index in [9.17, 15) is 9.83 Å². The number of ether oxygens (including phenoxy) is 1. The van der Waals surface area contributed by atoms with Gasteiger partial charge in [-0.05, 0) is 60.6 Å². The molecule has 2 atom stereocenters. The number of halogens is 2. The predicted molar refractivity (Wildman–Crippen MR) is 114 cm³/mol. The van der Waals surface area contributed by atoms with Crippen molar-refractivity contribution in [2.75, 3.05) is 12.4 Å². The van der Waals surface area contributed by atoms with Crippen molar-refractivity contribution >= 4 is 41.4 Å². The third-order valence-electron chi connectivity index (χ3n) is 3.38. The van der Waals surface area contributed by atoms with E-state index in [2.05, 4.69) is 0 Å². The lowest BCUT2D eigenvalue weighted by Crippen LogP contribution is -2.02. The molecule has 0 amide bonds. The maximum Gasteiger partial charge on any atom is 0.390 e. The molecule has 2 aromatic carbocycles. The van der Waals surface area contributed by atoms with E-state index in [4.69, 9.17) is 37.0 Å². The van der Waals surface area contributed by atoms with Crippen LogP contribution in [0.15, 0.2) is 42.5 Å². The molecule has 0 aromatic heterocycles. The topological polar surface area (TPSA) is 68.5 Å². The van der Waals surface area contributed by atoms with Gasteiger partial charge in [-0.15, -0.1) is 0 Å². The summed E-state index contributed by atoms with van der Waals surface area (Å²) in [6, 6.07) is 13.7. The van der Waals surface area contributed by atoms with Crippen molar-refractivity contribution in [3.05, 3.63) is 58.1 Å². The van der Waals surface area contributed by atoms with Gasteiger partial charge in [0.1, 0.15) is 11.5 Å². The molecule has 2 aromatic rings. The molecule has 0 radical (unpaired) electrons. The maximum absolute atomic E-state index is 12.9. The Bertz CT molecular complexity index is 890. The number of nitrogens with zero attached hydrogens (tertiary/aromatic N) is 1. The molecule has 0 heterocycles. The molecular weight excluding hydrogens is 440 g/mol. The van der Waals surface area contributed by atoms with Gasteiger partial charge in [-0.2, -0.15) is 5.26 Å². The van der Waals surface area contributed by atoms with Crippen molar-refractivity contribution in [1.29, 1.82) is 5.26 Å². The molecule has 0 aliphatic rings. The van der Waals surface area contributed by atoms with E-state index in [1.165, 1.54) is 0 Å². The number of benzene rings is 2. The zero-order chi connectivity index (χ0) is 20.6. The van der Waals surface area contributed by atoms with Crippen LogP contribution in [0, 0.1) is 11.3 Å². The fraction of sp³-hybridized carbons (Fsp3) is 0.316. The SMILES string of the molecule is CCCSP(=O)(OCC)OC(C#N)c1cccc(Oc2ccc(Cl)cc2Cl)c1. The number of nitriles is 1. The summed E-state index contributed by atoms with van der Waals surface area (Å²) in [5, 5.41) is 10.4. The Kier molecular flexibility index (Phi) is 9.17. The molecule has 28 heavy (non-hydrogen) atoms. The first-order valence-corrected chi connectivity index (χ1v) is 12.5. The minimum atomic E-state index is -3.45. The van der Waals surface area contributed by atoms with E-state index < -0.39 is 12.9 Å². The number of rotatable bonds is 10. The average Bonchev–Trinajstić information content (AvgIpc) is 2.67. The van der Waals surface area contributed by atoms with Gasteiger partial charge in [-0.1, -0.05) is 42.3 Å². The van der Waals surface area contributed by atoms with Crippen molar-refractivity contribution in [3.63, 3.8) is 0 Å². The van der Waals surface area contributed by atoms with Gasteiger partial charge >= 0.3 is 6.80 Å². The van der Waals surface area contributed by atoms with Crippen LogP contribution in [0.3, 0.4) is 0 Å².